The molecule has 0 aliphatic carbocycles. The quantitative estimate of drug-likeness (QED) is 0.517. The normalized spacial score (nSPS) is 18.1. The van der Waals surface area contributed by atoms with Gasteiger partial charge in [0.2, 0.25) is 0 Å². The summed E-state index contributed by atoms with van der Waals surface area (Å²) in [6.45, 7) is 5.81. The average Bonchev–Trinajstić information content (AvgIpc) is 2.95. The van der Waals surface area contributed by atoms with Crippen LogP contribution < -0.4 is 14.8 Å². The van der Waals surface area contributed by atoms with Crippen molar-refractivity contribution in [3.63, 3.8) is 0 Å². The number of carbonyl (C=O) groups excluding carboxylic acids is 2. The summed E-state index contributed by atoms with van der Waals surface area (Å²) in [5.74, 6) is 0.911. The fourth-order valence-electron chi connectivity index (χ4n) is 4.54. The van der Waals surface area contributed by atoms with Gasteiger partial charge in [-0.05, 0) is 36.4 Å². The SMILES string of the molecule is COc1ccc(C(=O)N(CCN2CCOCC2)C[C@@H]2CN(C(=O)Nc3cccc(Cl)c3)CCO2)cc1OC. The molecule has 0 aromatic heterocycles. The highest BCUT2D eigenvalue weighted by atomic mass is 35.5. The van der Waals surface area contributed by atoms with Crippen molar-refractivity contribution in [1.29, 1.82) is 0 Å². The molecule has 2 fully saturated rings. The van der Waals surface area contributed by atoms with E-state index in [-0.39, 0.29) is 18.0 Å². The van der Waals surface area contributed by atoms with Gasteiger partial charge >= 0.3 is 6.03 Å². The van der Waals surface area contributed by atoms with E-state index in [0.717, 1.165) is 13.1 Å². The Morgan fingerprint density at radius 3 is 2.58 bits per heavy atom. The van der Waals surface area contributed by atoms with E-state index in [1.165, 1.54) is 0 Å². The van der Waals surface area contributed by atoms with Gasteiger partial charge in [0.15, 0.2) is 11.5 Å². The maximum Gasteiger partial charge on any atom is 0.322 e. The van der Waals surface area contributed by atoms with E-state index in [4.69, 9.17) is 30.5 Å². The third-order valence-electron chi connectivity index (χ3n) is 6.63. The first-order valence-corrected chi connectivity index (χ1v) is 13.1. The Labute approximate surface area is 228 Å². The molecule has 2 aromatic carbocycles. The average molecular weight is 547 g/mol. The molecule has 0 bridgehead atoms. The van der Waals surface area contributed by atoms with Crippen molar-refractivity contribution in [2.24, 2.45) is 0 Å². The maximum atomic E-state index is 13.7. The Kier molecular flexibility index (Phi) is 10.1. The van der Waals surface area contributed by atoms with Gasteiger partial charge in [0.25, 0.3) is 5.91 Å². The first-order valence-electron chi connectivity index (χ1n) is 12.7. The molecular weight excluding hydrogens is 512 g/mol. The number of benzene rings is 2. The Balaban J connectivity index is 1.44. The molecule has 2 aliphatic heterocycles. The van der Waals surface area contributed by atoms with Crippen LogP contribution in [-0.2, 0) is 9.47 Å². The Hall–Kier alpha value is -3.05. The predicted molar refractivity (Wildman–Crippen MR) is 144 cm³/mol. The molecule has 11 heteroatoms. The van der Waals surface area contributed by atoms with Gasteiger partial charge in [-0.25, -0.2) is 4.79 Å². The van der Waals surface area contributed by atoms with Crippen LogP contribution in [0, 0.1) is 0 Å². The van der Waals surface area contributed by atoms with E-state index in [2.05, 4.69) is 10.2 Å². The summed E-state index contributed by atoms with van der Waals surface area (Å²) in [6, 6.07) is 11.9. The number of hydrogen-bond donors (Lipinski definition) is 1. The van der Waals surface area contributed by atoms with Crippen molar-refractivity contribution >= 4 is 29.2 Å². The van der Waals surface area contributed by atoms with Crippen molar-refractivity contribution < 1.29 is 28.5 Å². The Morgan fingerprint density at radius 2 is 1.84 bits per heavy atom. The van der Waals surface area contributed by atoms with Crippen LogP contribution in [-0.4, -0.2) is 113 Å². The second kappa shape index (κ2) is 13.7. The number of nitrogens with one attached hydrogen (secondary N) is 1. The third kappa shape index (κ3) is 7.50. The van der Waals surface area contributed by atoms with E-state index in [1.54, 1.807) is 66.5 Å². The van der Waals surface area contributed by atoms with Crippen molar-refractivity contribution in [2.75, 3.05) is 85.2 Å². The number of methoxy groups -OCH3 is 2. The third-order valence-corrected chi connectivity index (χ3v) is 6.87. The number of carbonyl (C=O) groups is 2. The summed E-state index contributed by atoms with van der Waals surface area (Å²) < 4.78 is 22.2. The minimum absolute atomic E-state index is 0.136. The maximum absolute atomic E-state index is 13.7. The van der Waals surface area contributed by atoms with Gasteiger partial charge in [-0.15, -0.1) is 0 Å². The molecule has 2 aromatic rings. The highest BCUT2D eigenvalue weighted by Crippen LogP contribution is 2.28. The molecule has 10 nitrogen and oxygen atoms in total. The minimum atomic E-state index is -0.331. The van der Waals surface area contributed by atoms with Crippen molar-refractivity contribution in [1.82, 2.24) is 14.7 Å². The van der Waals surface area contributed by atoms with Crippen molar-refractivity contribution in [3.05, 3.63) is 53.1 Å². The number of hydrogen-bond acceptors (Lipinski definition) is 7. The smallest absolute Gasteiger partial charge is 0.322 e. The molecule has 206 valence electrons. The molecule has 0 spiro atoms. The van der Waals surface area contributed by atoms with E-state index < -0.39 is 0 Å². The van der Waals surface area contributed by atoms with Crippen LogP contribution in [0.1, 0.15) is 10.4 Å². The lowest BCUT2D eigenvalue weighted by Crippen LogP contribution is -2.52. The predicted octanol–water partition coefficient (Wildman–Crippen LogP) is 3.06. The van der Waals surface area contributed by atoms with Gasteiger partial charge in [0.05, 0.1) is 46.7 Å². The Morgan fingerprint density at radius 1 is 1.05 bits per heavy atom. The minimum Gasteiger partial charge on any atom is -0.493 e. The van der Waals surface area contributed by atoms with E-state index >= 15 is 0 Å². The topological polar surface area (TPSA) is 92.8 Å². The second-order valence-electron chi connectivity index (χ2n) is 9.15. The lowest BCUT2D eigenvalue weighted by Gasteiger charge is -2.36. The van der Waals surface area contributed by atoms with Crippen LogP contribution in [0.5, 0.6) is 11.5 Å². The van der Waals surface area contributed by atoms with Gasteiger partial charge in [0, 0.05) is 55.5 Å². The van der Waals surface area contributed by atoms with Crippen molar-refractivity contribution in [3.8, 4) is 11.5 Å². The summed E-state index contributed by atoms with van der Waals surface area (Å²) in [6.07, 6.45) is -0.331. The fraction of sp³-hybridized carbons (Fsp3) is 0.481. The zero-order valence-corrected chi connectivity index (χ0v) is 22.6. The molecule has 2 aliphatic rings. The standard InChI is InChI=1S/C27H35ClN4O6/c1-35-24-7-6-20(16-25(24)36-2)26(33)31(9-8-30-10-13-37-14-11-30)18-23-19-32(12-15-38-23)27(34)29-22-5-3-4-21(28)17-22/h3-7,16-17,23H,8-15,18-19H2,1-2H3,(H,29,34)/t23-/m1/s1. The zero-order valence-electron chi connectivity index (χ0n) is 21.9. The Bertz CT molecular complexity index is 1100. The van der Waals surface area contributed by atoms with Crippen LogP contribution in [0.4, 0.5) is 10.5 Å². The second-order valence-corrected chi connectivity index (χ2v) is 9.59. The number of anilines is 1. The molecule has 0 unspecified atom stereocenters. The fourth-order valence-corrected chi connectivity index (χ4v) is 4.73. The molecule has 0 radical (unpaired) electrons. The molecule has 38 heavy (non-hydrogen) atoms. The van der Waals surface area contributed by atoms with Crippen LogP contribution in [0.3, 0.4) is 0 Å². The summed E-state index contributed by atoms with van der Waals surface area (Å²) >= 11 is 6.05. The van der Waals surface area contributed by atoms with Gasteiger partial charge in [-0.1, -0.05) is 17.7 Å². The molecule has 2 heterocycles. The molecule has 4 rings (SSSR count). The van der Waals surface area contributed by atoms with Crippen LogP contribution in [0.15, 0.2) is 42.5 Å². The number of ether oxygens (including phenoxy) is 4. The van der Waals surface area contributed by atoms with Gasteiger partial charge in [-0.2, -0.15) is 0 Å². The van der Waals surface area contributed by atoms with Gasteiger partial charge < -0.3 is 34.1 Å². The van der Waals surface area contributed by atoms with E-state index in [1.807, 2.05) is 0 Å². The van der Waals surface area contributed by atoms with Crippen LogP contribution in [0.25, 0.3) is 0 Å². The lowest BCUT2D eigenvalue weighted by molar-refractivity contribution is -0.0282. The number of rotatable bonds is 9. The highest BCUT2D eigenvalue weighted by molar-refractivity contribution is 6.30. The van der Waals surface area contributed by atoms with Crippen LogP contribution >= 0.6 is 11.6 Å². The monoisotopic (exact) mass is 546 g/mol. The summed E-state index contributed by atoms with van der Waals surface area (Å²) in [4.78, 5) is 32.4. The number of halogens is 1. The lowest BCUT2D eigenvalue weighted by atomic mass is 10.1. The molecule has 1 atom stereocenters. The van der Waals surface area contributed by atoms with E-state index in [9.17, 15) is 9.59 Å². The van der Waals surface area contributed by atoms with Gasteiger partial charge in [-0.3, -0.25) is 9.69 Å². The summed E-state index contributed by atoms with van der Waals surface area (Å²) in [5.41, 5.74) is 1.12. The zero-order chi connectivity index (χ0) is 26.9. The number of amides is 3. The largest absolute Gasteiger partial charge is 0.493 e. The summed E-state index contributed by atoms with van der Waals surface area (Å²) in [7, 11) is 3.10. The number of urea groups is 1. The van der Waals surface area contributed by atoms with Crippen molar-refractivity contribution in [2.45, 2.75) is 6.10 Å². The first-order chi connectivity index (χ1) is 18.5. The molecule has 1 N–H and O–H groups in total. The highest BCUT2D eigenvalue weighted by Gasteiger charge is 2.29. The molecule has 0 saturated carbocycles. The summed E-state index contributed by atoms with van der Waals surface area (Å²) in [5, 5.41) is 3.44. The number of nitrogens with zero attached hydrogens (tertiary/aromatic N) is 3. The number of morpholine rings is 2. The molecule has 2 saturated heterocycles. The first kappa shape index (κ1) is 28.0. The molecule has 3 amide bonds. The van der Waals surface area contributed by atoms with Gasteiger partial charge in [0.1, 0.15) is 0 Å². The van der Waals surface area contributed by atoms with Crippen LogP contribution in [0.2, 0.25) is 5.02 Å². The van der Waals surface area contributed by atoms with E-state index in [0.29, 0.717) is 80.3 Å². The molecular formula is C27H35ClN4O6.